The molecule has 1 aliphatic heterocycles. The highest BCUT2D eigenvalue weighted by Gasteiger charge is 2.21. The fraction of sp³-hybridized carbons (Fsp3) is 0.450. The van der Waals surface area contributed by atoms with E-state index in [-0.39, 0.29) is 16.3 Å². The third kappa shape index (κ3) is 5.80. The van der Waals surface area contributed by atoms with Crippen molar-refractivity contribution in [3.05, 3.63) is 48.2 Å². The number of sulfonamides is 2. The van der Waals surface area contributed by atoms with E-state index in [9.17, 15) is 16.8 Å². The van der Waals surface area contributed by atoms with Gasteiger partial charge in [-0.1, -0.05) is 12.1 Å². The molecule has 2 heterocycles. The summed E-state index contributed by atoms with van der Waals surface area (Å²) in [5, 5.41) is 0. The molecular weight excluding hydrogens is 438 g/mol. The number of nitrogens with zero attached hydrogens (tertiary/aromatic N) is 4. The first-order chi connectivity index (χ1) is 14.6. The Labute approximate surface area is 184 Å². The van der Waals surface area contributed by atoms with Gasteiger partial charge < -0.3 is 9.80 Å². The number of nitrogens with one attached hydrogen (secondary N) is 1. The largest absolute Gasteiger partial charge is 0.355 e. The molecular formula is C20H29N5O4S2. The Morgan fingerprint density at radius 1 is 1.00 bits per heavy atom. The van der Waals surface area contributed by atoms with Crippen molar-refractivity contribution in [2.24, 2.45) is 0 Å². The molecule has 0 saturated carbocycles. The van der Waals surface area contributed by atoms with Crippen LogP contribution in [0.25, 0.3) is 0 Å². The second-order valence-electron chi connectivity index (χ2n) is 7.76. The van der Waals surface area contributed by atoms with Crippen LogP contribution < -0.4 is 9.62 Å². The van der Waals surface area contributed by atoms with Crippen molar-refractivity contribution in [3.8, 4) is 0 Å². The zero-order chi connectivity index (χ0) is 22.6. The number of likely N-dealkylation sites (N-methyl/N-ethyl adjacent to an activating group) is 1. The zero-order valence-electron chi connectivity index (χ0n) is 18.0. The minimum atomic E-state index is -3.89. The third-order valence-corrected chi connectivity index (χ3v) is 8.42. The summed E-state index contributed by atoms with van der Waals surface area (Å²) in [5.74, 6) is 0.878. The molecule has 170 valence electrons. The van der Waals surface area contributed by atoms with Gasteiger partial charge in [0.2, 0.25) is 20.0 Å². The van der Waals surface area contributed by atoms with Gasteiger partial charge in [-0.15, -0.1) is 0 Å². The average Bonchev–Trinajstić information content (AvgIpc) is 2.97. The average molecular weight is 468 g/mol. The number of pyridine rings is 1. The van der Waals surface area contributed by atoms with Crippen LogP contribution in [0.3, 0.4) is 0 Å². The molecule has 0 amide bonds. The van der Waals surface area contributed by atoms with Gasteiger partial charge in [0, 0.05) is 46.5 Å². The number of rotatable bonds is 7. The lowest BCUT2D eigenvalue weighted by Gasteiger charge is -2.21. The van der Waals surface area contributed by atoms with E-state index in [2.05, 4.69) is 26.6 Å². The first kappa shape index (κ1) is 23.6. The van der Waals surface area contributed by atoms with Gasteiger partial charge in [-0.3, -0.25) is 0 Å². The second kappa shape index (κ2) is 9.61. The standard InChI is InChI=1S/C20H29N5O4S2/c1-23(2)31(28,29)19-7-4-6-18(14-19)30(26,27)22-16-17-8-9-20(21-15-17)25-11-5-10-24(3)12-13-25/h4,6-9,14-15,22H,5,10-13,16H2,1-3H3. The summed E-state index contributed by atoms with van der Waals surface area (Å²) >= 11 is 0. The molecule has 1 aromatic heterocycles. The summed E-state index contributed by atoms with van der Waals surface area (Å²) in [5.41, 5.74) is 0.719. The monoisotopic (exact) mass is 467 g/mol. The van der Waals surface area contributed by atoms with Gasteiger partial charge in [0.05, 0.1) is 9.79 Å². The highest BCUT2D eigenvalue weighted by atomic mass is 32.2. The predicted octanol–water partition coefficient (Wildman–Crippen LogP) is 0.952. The van der Waals surface area contributed by atoms with Gasteiger partial charge in [-0.05, 0) is 49.8 Å². The highest BCUT2D eigenvalue weighted by Crippen LogP contribution is 2.19. The zero-order valence-corrected chi connectivity index (χ0v) is 19.7. The summed E-state index contributed by atoms with van der Waals surface area (Å²) in [7, 11) is -2.70. The van der Waals surface area contributed by atoms with Crippen LogP contribution in [-0.2, 0) is 26.6 Å². The molecule has 0 radical (unpaired) electrons. The van der Waals surface area contributed by atoms with Crippen LogP contribution in [0.15, 0.2) is 52.4 Å². The van der Waals surface area contributed by atoms with Crippen LogP contribution in [0.2, 0.25) is 0 Å². The minimum Gasteiger partial charge on any atom is -0.355 e. The van der Waals surface area contributed by atoms with Crippen molar-refractivity contribution in [2.75, 3.05) is 52.2 Å². The van der Waals surface area contributed by atoms with E-state index >= 15 is 0 Å². The molecule has 2 aromatic rings. The fourth-order valence-electron chi connectivity index (χ4n) is 3.26. The minimum absolute atomic E-state index is 0.0585. The van der Waals surface area contributed by atoms with Crippen molar-refractivity contribution in [1.82, 2.24) is 18.9 Å². The van der Waals surface area contributed by atoms with E-state index in [1.165, 1.54) is 32.3 Å². The van der Waals surface area contributed by atoms with Crippen molar-refractivity contribution in [2.45, 2.75) is 22.8 Å². The summed E-state index contributed by atoms with van der Waals surface area (Å²) in [6.07, 6.45) is 2.74. The molecule has 31 heavy (non-hydrogen) atoms. The lowest BCUT2D eigenvalue weighted by Crippen LogP contribution is -2.29. The summed E-state index contributed by atoms with van der Waals surface area (Å²) in [4.78, 5) is 8.84. The van der Waals surface area contributed by atoms with Gasteiger partial charge in [0.25, 0.3) is 0 Å². The van der Waals surface area contributed by atoms with E-state index in [1.54, 1.807) is 6.20 Å². The molecule has 1 aliphatic rings. The van der Waals surface area contributed by atoms with Crippen LogP contribution in [-0.4, -0.2) is 78.3 Å². The number of aromatic nitrogens is 1. The van der Waals surface area contributed by atoms with Crippen molar-refractivity contribution in [3.63, 3.8) is 0 Å². The van der Waals surface area contributed by atoms with Gasteiger partial charge in [-0.25, -0.2) is 30.8 Å². The molecule has 9 nitrogen and oxygen atoms in total. The van der Waals surface area contributed by atoms with Gasteiger partial charge in [-0.2, -0.15) is 0 Å². The predicted molar refractivity (Wildman–Crippen MR) is 120 cm³/mol. The van der Waals surface area contributed by atoms with Crippen molar-refractivity contribution < 1.29 is 16.8 Å². The molecule has 0 spiro atoms. The van der Waals surface area contributed by atoms with Crippen LogP contribution in [0.5, 0.6) is 0 Å². The van der Waals surface area contributed by atoms with Gasteiger partial charge in [0.1, 0.15) is 5.82 Å². The maximum absolute atomic E-state index is 12.7. The Morgan fingerprint density at radius 2 is 1.74 bits per heavy atom. The first-order valence-electron chi connectivity index (χ1n) is 10.0. The number of hydrogen-bond acceptors (Lipinski definition) is 7. The molecule has 0 aliphatic carbocycles. The Balaban J connectivity index is 1.68. The number of anilines is 1. The molecule has 0 unspecified atom stereocenters. The van der Waals surface area contributed by atoms with Crippen LogP contribution in [0.4, 0.5) is 5.82 Å². The van der Waals surface area contributed by atoms with E-state index in [0.29, 0.717) is 0 Å². The lowest BCUT2D eigenvalue weighted by molar-refractivity contribution is 0.360. The van der Waals surface area contributed by atoms with Gasteiger partial charge >= 0.3 is 0 Å². The molecule has 1 fully saturated rings. The van der Waals surface area contributed by atoms with Crippen LogP contribution in [0.1, 0.15) is 12.0 Å². The van der Waals surface area contributed by atoms with E-state index < -0.39 is 20.0 Å². The second-order valence-corrected chi connectivity index (χ2v) is 11.7. The molecule has 11 heteroatoms. The molecule has 0 atom stereocenters. The first-order valence-corrected chi connectivity index (χ1v) is 12.9. The number of benzene rings is 1. The maximum atomic E-state index is 12.7. The fourth-order valence-corrected chi connectivity index (χ4v) is 5.34. The smallest absolute Gasteiger partial charge is 0.242 e. The third-order valence-electron chi connectivity index (χ3n) is 5.21. The SMILES string of the molecule is CN1CCCN(c2ccc(CNS(=O)(=O)c3cccc(S(=O)(=O)N(C)C)c3)cn2)CC1. The van der Waals surface area contributed by atoms with Crippen LogP contribution >= 0.6 is 0 Å². The maximum Gasteiger partial charge on any atom is 0.242 e. The summed E-state index contributed by atoms with van der Waals surface area (Å²) in [6, 6.07) is 9.08. The molecule has 1 aromatic carbocycles. The van der Waals surface area contributed by atoms with E-state index in [0.717, 1.165) is 54.4 Å². The van der Waals surface area contributed by atoms with E-state index in [4.69, 9.17) is 0 Å². The van der Waals surface area contributed by atoms with Crippen molar-refractivity contribution >= 4 is 25.9 Å². The topological polar surface area (TPSA) is 103 Å². The summed E-state index contributed by atoms with van der Waals surface area (Å²) < 4.78 is 53.5. The Morgan fingerprint density at radius 3 is 2.42 bits per heavy atom. The molecule has 1 N–H and O–H groups in total. The Bertz CT molecular complexity index is 1100. The molecule has 0 bridgehead atoms. The van der Waals surface area contributed by atoms with E-state index in [1.807, 2.05) is 12.1 Å². The quantitative estimate of drug-likeness (QED) is 0.647. The summed E-state index contributed by atoms with van der Waals surface area (Å²) in [6.45, 7) is 3.94. The number of hydrogen-bond donors (Lipinski definition) is 1. The van der Waals surface area contributed by atoms with Crippen LogP contribution in [0, 0.1) is 0 Å². The Kier molecular flexibility index (Phi) is 7.32. The van der Waals surface area contributed by atoms with Crippen molar-refractivity contribution in [1.29, 1.82) is 0 Å². The molecule has 3 rings (SSSR count). The van der Waals surface area contributed by atoms with Gasteiger partial charge in [0.15, 0.2) is 0 Å². The normalized spacial score (nSPS) is 16.5. The lowest BCUT2D eigenvalue weighted by atomic mass is 10.3. The molecule has 1 saturated heterocycles. The highest BCUT2D eigenvalue weighted by molar-refractivity contribution is 7.90. The Hall–Kier alpha value is -2.05.